The third-order valence-corrected chi connectivity index (χ3v) is 7.82. The molecule has 0 aromatic heterocycles. The minimum Gasteiger partial charge on any atom is -0.449 e. The fraction of sp³-hybridized carbons (Fsp3) is 0.435. The molecule has 4 atom stereocenters. The first kappa shape index (κ1) is 17.8. The summed E-state index contributed by atoms with van der Waals surface area (Å²) in [4.78, 5) is 12.8. The molecule has 150 valence electrons. The van der Waals surface area contributed by atoms with Gasteiger partial charge < -0.3 is 15.3 Å². The summed E-state index contributed by atoms with van der Waals surface area (Å²) in [6.45, 7) is 0.677. The molecule has 0 spiro atoms. The Morgan fingerprint density at radius 3 is 2.86 bits per heavy atom. The monoisotopic (exact) mass is 410 g/mol. The van der Waals surface area contributed by atoms with E-state index in [1.165, 1.54) is 11.1 Å². The molecule has 2 aliphatic carbocycles. The van der Waals surface area contributed by atoms with E-state index in [2.05, 4.69) is 17.4 Å². The van der Waals surface area contributed by atoms with E-state index in [0.717, 1.165) is 43.6 Å². The molecular formula is C23H23ClN2O3. The van der Waals surface area contributed by atoms with Crippen LogP contribution in [0.15, 0.2) is 36.4 Å². The third kappa shape index (κ3) is 2.64. The number of amides is 1. The summed E-state index contributed by atoms with van der Waals surface area (Å²) in [7, 11) is 0. The number of hydrogen-bond donors (Lipinski definition) is 2. The molecule has 29 heavy (non-hydrogen) atoms. The van der Waals surface area contributed by atoms with Crippen LogP contribution in [0.4, 0.5) is 0 Å². The summed E-state index contributed by atoms with van der Waals surface area (Å²) in [5.74, 6) is 2.36. The number of halogens is 1. The highest BCUT2D eigenvalue weighted by Crippen LogP contribution is 2.61. The zero-order chi connectivity index (χ0) is 19.8. The molecule has 1 saturated carbocycles. The number of hydrogen-bond acceptors (Lipinski definition) is 4. The molecule has 2 fully saturated rings. The topological polar surface area (TPSA) is 65.1 Å². The summed E-state index contributed by atoms with van der Waals surface area (Å²) in [6, 6.07) is 11.6. The number of ether oxygens (including phenoxy) is 1. The van der Waals surface area contributed by atoms with Gasteiger partial charge in [0.25, 0.3) is 5.91 Å². The minimum atomic E-state index is -0.0441. The van der Waals surface area contributed by atoms with Crippen LogP contribution >= 0.6 is 11.6 Å². The first-order valence-corrected chi connectivity index (χ1v) is 10.8. The number of nitrogens with one attached hydrogen (secondary N) is 1. The zero-order valence-corrected chi connectivity index (χ0v) is 16.8. The van der Waals surface area contributed by atoms with E-state index in [0.29, 0.717) is 23.0 Å². The second-order valence-electron chi connectivity index (χ2n) is 8.93. The van der Waals surface area contributed by atoms with Crippen molar-refractivity contribution < 1.29 is 14.7 Å². The number of carbonyl (C=O) groups is 1. The van der Waals surface area contributed by atoms with Gasteiger partial charge in [0.1, 0.15) is 0 Å². The summed E-state index contributed by atoms with van der Waals surface area (Å²) in [5.41, 5.74) is 3.29. The second kappa shape index (κ2) is 6.21. The quantitative estimate of drug-likeness (QED) is 0.618. The van der Waals surface area contributed by atoms with Crippen LogP contribution in [0.5, 0.6) is 11.5 Å². The molecule has 0 radical (unpaired) electrons. The van der Waals surface area contributed by atoms with Crippen molar-refractivity contribution in [2.24, 2.45) is 5.92 Å². The molecule has 2 N–H and O–H groups in total. The SMILES string of the molecule is O=C(N[C@@H]1CC[C@H]2[C@H]3Cc4c(ccc5c4O5)[C@@]2(CCN3O)C1)c1ccc(Cl)cc1. The van der Waals surface area contributed by atoms with Gasteiger partial charge in [0.15, 0.2) is 11.5 Å². The average molecular weight is 411 g/mol. The Balaban J connectivity index is 1.32. The van der Waals surface area contributed by atoms with Gasteiger partial charge in [-0.3, -0.25) is 4.79 Å². The molecule has 6 heteroatoms. The summed E-state index contributed by atoms with van der Waals surface area (Å²) < 4.78 is 5.69. The van der Waals surface area contributed by atoms with E-state index >= 15 is 0 Å². The van der Waals surface area contributed by atoms with Gasteiger partial charge in [-0.2, -0.15) is 5.06 Å². The maximum atomic E-state index is 12.8. The maximum absolute atomic E-state index is 12.8. The largest absolute Gasteiger partial charge is 0.449 e. The predicted molar refractivity (Wildman–Crippen MR) is 109 cm³/mol. The molecule has 2 aromatic rings. The third-order valence-electron chi connectivity index (χ3n) is 7.57. The Morgan fingerprint density at radius 1 is 1.21 bits per heavy atom. The highest BCUT2D eigenvalue weighted by molar-refractivity contribution is 6.30. The van der Waals surface area contributed by atoms with Crippen molar-refractivity contribution in [1.29, 1.82) is 0 Å². The molecule has 2 aromatic carbocycles. The summed E-state index contributed by atoms with van der Waals surface area (Å²) >= 11 is 5.95. The van der Waals surface area contributed by atoms with Gasteiger partial charge in [0.05, 0.1) is 0 Å². The van der Waals surface area contributed by atoms with Crippen LogP contribution in [-0.2, 0) is 11.8 Å². The van der Waals surface area contributed by atoms with Crippen LogP contribution in [0.1, 0.15) is 47.2 Å². The number of carbonyl (C=O) groups excluding carboxylic acids is 1. The molecule has 2 heterocycles. The smallest absolute Gasteiger partial charge is 0.251 e. The lowest BCUT2D eigenvalue weighted by Gasteiger charge is -2.58. The molecule has 4 aliphatic rings. The fourth-order valence-corrected chi connectivity index (χ4v) is 6.36. The number of rotatable bonds is 2. The van der Waals surface area contributed by atoms with Crippen molar-refractivity contribution in [1.82, 2.24) is 10.4 Å². The first-order valence-electron chi connectivity index (χ1n) is 10.4. The van der Waals surface area contributed by atoms with Crippen molar-refractivity contribution in [2.45, 2.75) is 49.6 Å². The lowest BCUT2D eigenvalue weighted by atomic mass is 9.52. The van der Waals surface area contributed by atoms with E-state index in [9.17, 15) is 10.0 Å². The molecule has 2 aliphatic heterocycles. The van der Waals surface area contributed by atoms with Crippen LogP contribution in [0.3, 0.4) is 0 Å². The van der Waals surface area contributed by atoms with E-state index in [-0.39, 0.29) is 23.4 Å². The van der Waals surface area contributed by atoms with Crippen molar-refractivity contribution in [3.63, 3.8) is 0 Å². The van der Waals surface area contributed by atoms with Gasteiger partial charge in [0, 0.05) is 40.2 Å². The average Bonchev–Trinajstić information content (AvgIpc) is 3.51. The van der Waals surface area contributed by atoms with Crippen LogP contribution in [0.2, 0.25) is 5.02 Å². The first-order chi connectivity index (χ1) is 14.0. The van der Waals surface area contributed by atoms with E-state index in [1.54, 1.807) is 29.3 Å². The number of piperidine rings is 1. The van der Waals surface area contributed by atoms with Crippen LogP contribution < -0.4 is 10.1 Å². The van der Waals surface area contributed by atoms with E-state index in [4.69, 9.17) is 16.3 Å². The molecular weight excluding hydrogens is 388 g/mol. The van der Waals surface area contributed by atoms with Crippen molar-refractivity contribution in [2.75, 3.05) is 6.54 Å². The van der Waals surface area contributed by atoms with Crippen molar-refractivity contribution in [3.8, 4) is 11.5 Å². The lowest BCUT2D eigenvalue weighted by molar-refractivity contribution is -0.188. The molecule has 5 nitrogen and oxygen atoms in total. The van der Waals surface area contributed by atoms with Crippen molar-refractivity contribution >= 4 is 17.5 Å². The Labute approximate surface area is 174 Å². The number of benzene rings is 2. The molecule has 1 amide bonds. The molecule has 2 bridgehead atoms. The standard InChI is InChI=1S/C23H23ClN2O3/c24-14-3-1-13(2-4-14)22(27)25-15-5-6-18-19-11-16-17(7-8-20-21(16)29-20)23(18,12-15)9-10-26(19)28/h1-4,7-8,15,18-19,28H,5-6,9-12H2,(H,25,27)/t15-,18+,19-,23-/m1/s1. The number of hydroxylamine groups is 2. The second-order valence-corrected chi connectivity index (χ2v) is 9.36. The predicted octanol–water partition coefficient (Wildman–Crippen LogP) is 4.30. The minimum absolute atomic E-state index is 0.00530. The van der Waals surface area contributed by atoms with E-state index < -0.39 is 0 Å². The van der Waals surface area contributed by atoms with Gasteiger partial charge in [-0.1, -0.05) is 17.7 Å². The normalized spacial score (nSPS) is 31.7. The summed E-state index contributed by atoms with van der Waals surface area (Å²) in [5, 5.41) is 16.0. The van der Waals surface area contributed by atoms with Crippen LogP contribution in [0.25, 0.3) is 0 Å². The highest BCUT2D eigenvalue weighted by atomic mass is 35.5. The maximum Gasteiger partial charge on any atom is 0.251 e. The van der Waals surface area contributed by atoms with Gasteiger partial charge in [-0.25, -0.2) is 0 Å². The number of fused-ring (bicyclic) bond motifs is 3. The van der Waals surface area contributed by atoms with Gasteiger partial charge in [-0.15, -0.1) is 0 Å². The zero-order valence-electron chi connectivity index (χ0n) is 16.0. The Bertz CT molecular complexity index is 1010. The Morgan fingerprint density at radius 2 is 2.03 bits per heavy atom. The van der Waals surface area contributed by atoms with Gasteiger partial charge in [0.2, 0.25) is 0 Å². The van der Waals surface area contributed by atoms with Crippen molar-refractivity contribution in [3.05, 3.63) is 58.1 Å². The molecule has 6 rings (SSSR count). The molecule has 1 saturated heterocycles. The van der Waals surface area contributed by atoms with Crippen LogP contribution in [0, 0.1) is 5.92 Å². The van der Waals surface area contributed by atoms with E-state index in [1.807, 2.05) is 0 Å². The lowest BCUT2D eigenvalue weighted by Crippen LogP contribution is -2.62. The van der Waals surface area contributed by atoms with Gasteiger partial charge >= 0.3 is 0 Å². The summed E-state index contributed by atoms with van der Waals surface area (Å²) in [6.07, 6.45) is 4.61. The highest BCUT2D eigenvalue weighted by Gasteiger charge is 2.57. The molecule has 0 unspecified atom stereocenters. The Kier molecular flexibility index (Phi) is 3.80. The fourth-order valence-electron chi connectivity index (χ4n) is 6.24. The Hall–Kier alpha value is -2.08. The van der Waals surface area contributed by atoms with Crippen LogP contribution in [-0.4, -0.2) is 34.8 Å². The number of nitrogens with zero attached hydrogens (tertiary/aromatic N) is 1. The van der Waals surface area contributed by atoms with Gasteiger partial charge in [-0.05, 0) is 73.9 Å².